The van der Waals surface area contributed by atoms with E-state index >= 15 is 0 Å². The summed E-state index contributed by atoms with van der Waals surface area (Å²) >= 11 is 0. The van der Waals surface area contributed by atoms with Gasteiger partial charge < -0.3 is 4.18 Å². The van der Waals surface area contributed by atoms with Gasteiger partial charge in [-0.3, -0.25) is 19.3 Å². The van der Waals surface area contributed by atoms with Crippen molar-refractivity contribution in [1.29, 1.82) is 0 Å². The van der Waals surface area contributed by atoms with Crippen molar-refractivity contribution in [3.8, 4) is 5.75 Å². The molecule has 0 radical (unpaired) electrons. The third-order valence-corrected chi connectivity index (χ3v) is 5.88. The zero-order valence-corrected chi connectivity index (χ0v) is 15.3. The average molecular weight is 427 g/mol. The van der Waals surface area contributed by atoms with Crippen molar-refractivity contribution in [1.82, 2.24) is 0 Å². The van der Waals surface area contributed by atoms with Gasteiger partial charge in [0.05, 0.1) is 23.7 Å². The van der Waals surface area contributed by atoms with Crippen LogP contribution in [0.3, 0.4) is 0 Å². The summed E-state index contributed by atoms with van der Waals surface area (Å²) in [6, 6.07) is 6.02. The van der Waals surface area contributed by atoms with Gasteiger partial charge in [0, 0.05) is 11.8 Å². The Labute approximate surface area is 162 Å². The summed E-state index contributed by atoms with van der Waals surface area (Å²) in [5.74, 6) is -2.36. The van der Waals surface area contributed by atoms with Crippen molar-refractivity contribution in [3.05, 3.63) is 35.9 Å². The second-order valence-corrected chi connectivity index (χ2v) is 8.25. The highest BCUT2D eigenvalue weighted by atomic mass is 32.2. The Morgan fingerprint density at radius 2 is 1.79 bits per heavy atom. The van der Waals surface area contributed by atoms with Crippen LogP contribution >= 0.6 is 0 Å². The van der Waals surface area contributed by atoms with Gasteiger partial charge in [-0.1, -0.05) is 18.2 Å². The normalized spacial score (nSPS) is 19.9. The maximum absolute atomic E-state index is 13.1. The molecule has 1 unspecified atom stereocenters. The summed E-state index contributed by atoms with van der Waals surface area (Å²) in [7, 11) is -6.00. The van der Waals surface area contributed by atoms with Gasteiger partial charge in [-0.25, -0.2) is 0 Å². The zero-order valence-electron chi connectivity index (χ0n) is 14.5. The van der Waals surface area contributed by atoms with Gasteiger partial charge >= 0.3 is 15.6 Å². The fourth-order valence-corrected chi connectivity index (χ4v) is 4.13. The van der Waals surface area contributed by atoms with Crippen molar-refractivity contribution < 1.29 is 40.2 Å². The second-order valence-electron chi connectivity index (χ2n) is 6.71. The smallest absolute Gasteiger partial charge is 0.375 e. The highest BCUT2D eigenvalue weighted by Gasteiger charge is 2.50. The Balaban J connectivity index is 1.85. The maximum Gasteiger partial charge on any atom is 0.534 e. The predicted octanol–water partition coefficient (Wildman–Crippen LogP) is 2.72. The molecule has 1 atom stereocenters. The number of hydrogen-bond acceptors (Lipinski definition) is 6. The molecule has 1 heterocycles. The third kappa shape index (κ3) is 2.96. The van der Waals surface area contributed by atoms with Gasteiger partial charge in [0.2, 0.25) is 0 Å². The Morgan fingerprint density at radius 3 is 2.45 bits per heavy atom. The molecule has 1 amide bonds. The van der Waals surface area contributed by atoms with Gasteiger partial charge in [-0.15, -0.1) is 0 Å². The molecule has 0 bridgehead atoms. The molecule has 7 nitrogen and oxygen atoms in total. The van der Waals surface area contributed by atoms with E-state index in [0.29, 0.717) is 5.39 Å². The van der Waals surface area contributed by atoms with E-state index in [1.165, 1.54) is 12.1 Å². The lowest BCUT2D eigenvalue weighted by Crippen LogP contribution is -2.46. The van der Waals surface area contributed by atoms with E-state index in [0.717, 1.165) is 11.0 Å². The number of rotatable bonds is 3. The van der Waals surface area contributed by atoms with Crippen LogP contribution in [0.25, 0.3) is 10.8 Å². The largest absolute Gasteiger partial charge is 0.534 e. The highest BCUT2D eigenvalue weighted by molar-refractivity contribution is 7.88. The number of hydrogen-bond donors (Lipinski definition) is 0. The van der Waals surface area contributed by atoms with Crippen molar-refractivity contribution in [2.45, 2.75) is 30.8 Å². The Hall–Kier alpha value is -2.95. The van der Waals surface area contributed by atoms with Gasteiger partial charge in [-0.2, -0.15) is 21.6 Å². The first-order valence-corrected chi connectivity index (χ1v) is 9.86. The van der Waals surface area contributed by atoms with E-state index in [4.69, 9.17) is 0 Å². The summed E-state index contributed by atoms with van der Waals surface area (Å²) in [5.41, 5.74) is -5.78. The summed E-state index contributed by atoms with van der Waals surface area (Å²) in [4.78, 5) is 38.1. The molecule has 1 aliphatic carbocycles. The molecule has 2 aliphatic rings. The second kappa shape index (κ2) is 6.28. The van der Waals surface area contributed by atoms with Crippen LogP contribution in [-0.4, -0.2) is 37.4 Å². The number of anilines is 1. The van der Waals surface area contributed by atoms with E-state index in [1.54, 1.807) is 12.1 Å². The number of nitrogens with zero attached hydrogens (tertiary/aromatic N) is 1. The quantitative estimate of drug-likeness (QED) is 0.425. The molecule has 1 fully saturated rings. The van der Waals surface area contributed by atoms with Gasteiger partial charge in [0.25, 0.3) is 5.91 Å². The first-order valence-electron chi connectivity index (χ1n) is 8.46. The van der Waals surface area contributed by atoms with Crippen LogP contribution in [0.4, 0.5) is 18.9 Å². The maximum atomic E-state index is 13.1. The molecule has 11 heteroatoms. The summed E-state index contributed by atoms with van der Waals surface area (Å²) in [5, 5.41) is 0.654. The van der Waals surface area contributed by atoms with E-state index in [-0.39, 0.29) is 41.7 Å². The monoisotopic (exact) mass is 427 g/mol. The lowest BCUT2D eigenvalue weighted by molar-refractivity contribution is -0.130. The molecule has 152 valence electrons. The van der Waals surface area contributed by atoms with Crippen molar-refractivity contribution in [2.24, 2.45) is 0 Å². The van der Waals surface area contributed by atoms with Gasteiger partial charge in [0.15, 0.2) is 11.5 Å². The van der Waals surface area contributed by atoms with Gasteiger partial charge in [0.1, 0.15) is 5.78 Å². The van der Waals surface area contributed by atoms with E-state index in [1.807, 2.05) is 0 Å². The van der Waals surface area contributed by atoms with Crippen molar-refractivity contribution in [3.63, 3.8) is 0 Å². The molecule has 1 saturated carbocycles. The summed E-state index contributed by atoms with van der Waals surface area (Å²) in [6.07, 6.45) is -0.185. The molecular formula is C18H12F3NO6S. The van der Waals surface area contributed by atoms with Crippen LogP contribution in [-0.2, 0) is 19.7 Å². The number of alkyl halides is 3. The van der Waals surface area contributed by atoms with Crippen molar-refractivity contribution in [2.75, 3.05) is 4.90 Å². The number of carbonyl (C=O) groups excluding carboxylic acids is 3. The Bertz CT molecular complexity index is 1190. The van der Waals surface area contributed by atoms with Gasteiger partial charge in [-0.05, 0) is 23.9 Å². The predicted molar refractivity (Wildman–Crippen MR) is 94.0 cm³/mol. The van der Waals surface area contributed by atoms with Crippen LogP contribution in [0.5, 0.6) is 5.75 Å². The first-order chi connectivity index (χ1) is 13.5. The molecule has 0 saturated heterocycles. The standard InChI is InChI=1S/C18H12F3NO6S/c19-18(20,21)29(26,27)28-14-7-4-9-2-1-3-12-15(9)16(14)17(25)22(12)11-6-5-10(23)8-13(11)24/h1-4,7,11H,5-6,8H2. The molecule has 0 aromatic heterocycles. The van der Waals surface area contributed by atoms with Crippen LogP contribution in [0.2, 0.25) is 0 Å². The number of Topliss-reactive ketones (excluding diaryl/α,β-unsaturated/α-hetero) is 2. The molecule has 1 aliphatic heterocycles. The number of halogens is 3. The SMILES string of the molecule is O=C1CCC(N2C(=O)c3c(OS(=O)(=O)C(F)(F)F)ccc4cccc2c34)C(=O)C1. The molecule has 29 heavy (non-hydrogen) atoms. The first kappa shape index (κ1) is 19.4. The number of carbonyl (C=O) groups is 3. The number of amides is 1. The lowest BCUT2D eigenvalue weighted by atomic mass is 9.91. The average Bonchev–Trinajstić information content (AvgIpc) is 2.91. The van der Waals surface area contributed by atoms with Crippen LogP contribution in [0.1, 0.15) is 29.6 Å². The minimum Gasteiger partial charge on any atom is -0.375 e. The zero-order chi connectivity index (χ0) is 21.1. The highest BCUT2D eigenvalue weighted by Crippen LogP contribution is 2.44. The van der Waals surface area contributed by atoms with E-state index < -0.39 is 39.1 Å². The van der Waals surface area contributed by atoms with Crippen molar-refractivity contribution >= 4 is 44.1 Å². The van der Waals surface area contributed by atoms with Crippen LogP contribution < -0.4 is 9.08 Å². The molecule has 0 N–H and O–H groups in total. The molecule has 4 rings (SSSR count). The van der Waals surface area contributed by atoms with Crippen LogP contribution in [0, 0.1) is 0 Å². The third-order valence-electron chi connectivity index (χ3n) is 4.91. The molecular weight excluding hydrogens is 415 g/mol. The van der Waals surface area contributed by atoms with E-state index in [2.05, 4.69) is 4.18 Å². The summed E-state index contributed by atoms with van der Waals surface area (Å²) in [6.45, 7) is 0. The topological polar surface area (TPSA) is 97.8 Å². The number of benzene rings is 2. The molecule has 2 aromatic rings. The Morgan fingerprint density at radius 1 is 1.07 bits per heavy atom. The fourth-order valence-electron chi connectivity index (χ4n) is 3.66. The lowest BCUT2D eigenvalue weighted by Gasteiger charge is -2.30. The fraction of sp³-hybridized carbons (Fsp3) is 0.278. The van der Waals surface area contributed by atoms with Crippen LogP contribution in [0.15, 0.2) is 30.3 Å². The molecule has 0 spiro atoms. The summed E-state index contributed by atoms with van der Waals surface area (Å²) < 4.78 is 65.4. The minimum absolute atomic E-state index is 0.0742. The number of ketones is 2. The minimum atomic E-state index is -6.00. The van der Waals surface area contributed by atoms with E-state index in [9.17, 15) is 36.0 Å². The Kier molecular flexibility index (Phi) is 4.19. The molecule has 2 aromatic carbocycles.